The Balaban J connectivity index is 1.87. The number of benzene rings is 1. The second kappa shape index (κ2) is 6.61. The summed E-state index contributed by atoms with van der Waals surface area (Å²) >= 11 is 17.7. The molecular formula is C14H16Cl3NO3. The fourth-order valence-electron chi connectivity index (χ4n) is 2.31. The summed E-state index contributed by atoms with van der Waals surface area (Å²) in [5.41, 5.74) is -0.744. The SMILES string of the molecule is CCCC1(O)CN(C(=O)COc2cc(Cl)c(Cl)cc2Cl)C1. The van der Waals surface area contributed by atoms with Gasteiger partial charge in [0.15, 0.2) is 6.61 Å². The fraction of sp³-hybridized carbons (Fsp3) is 0.500. The number of rotatable bonds is 5. The number of hydrogen-bond donors (Lipinski definition) is 1. The molecule has 0 radical (unpaired) electrons. The van der Waals surface area contributed by atoms with Gasteiger partial charge in [-0.2, -0.15) is 0 Å². The molecule has 0 atom stereocenters. The summed E-state index contributed by atoms with van der Waals surface area (Å²) in [7, 11) is 0. The number of amides is 1. The molecule has 1 fully saturated rings. The lowest BCUT2D eigenvalue weighted by atomic mass is 9.89. The predicted molar refractivity (Wildman–Crippen MR) is 83.4 cm³/mol. The highest BCUT2D eigenvalue weighted by molar-refractivity contribution is 6.43. The molecule has 1 amide bonds. The molecule has 1 N–H and O–H groups in total. The molecule has 1 saturated heterocycles. The molecule has 1 heterocycles. The highest BCUT2D eigenvalue weighted by atomic mass is 35.5. The lowest BCUT2D eigenvalue weighted by Crippen LogP contribution is -2.64. The highest BCUT2D eigenvalue weighted by Gasteiger charge is 2.42. The third-order valence-corrected chi connectivity index (χ3v) is 4.38. The molecule has 0 bridgehead atoms. The van der Waals surface area contributed by atoms with E-state index in [4.69, 9.17) is 39.5 Å². The first kappa shape index (κ1) is 16.7. The van der Waals surface area contributed by atoms with Crippen LogP contribution in [0.4, 0.5) is 0 Å². The fourth-order valence-corrected chi connectivity index (χ4v) is 2.90. The van der Waals surface area contributed by atoms with Gasteiger partial charge in [-0.1, -0.05) is 48.1 Å². The van der Waals surface area contributed by atoms with E-state index >= 15 is 0 Å². The highest BCUT2D eigenvalue weighted by Crippen LogP contribution is 2.34. The van der Waals surface area contributed by atoms with Crippen molar-refractivity contribution in [3.05, 3.63) is 27.2 Å². The Bertz CT molecular complexity index is 545. The quantitative estimate of drug-likeness (QED) is 0.826. The molecule has 116 valence electrons. The first-order chi connectivity index (χ1) is 9.84. The van der Waals surface area contributed by atoms with E-state index < -0.39 is 5.60 Å². The molecule has 7 heteroatoms. The number of hydrogen-bond acceptors (Lipinski definition) is 3. The summed E-state index contributed by atoms with van der Waals surface area (Å²) in [4.78, 5) is 13.5. The number of likely N-dealkylation sites (tertiary alicyclic amines) is 1. The van der Waals surface area contributed by atoms with Crippen LogP contribution in [0.3, 0.4) is 0 Å². The Morgan fingerprint density at radius 1 is 1.29 bits per heavy atom. The lowest BCUT2D eigenvalue weighted by Gasteiger charge is -2.46. The monoisotopic (exact) mass is 351 g/mol. The average molecular weight is 353 g/mol. The number of carbonyl (C=O) groups is 1. The Labute approximate surface area is 138 Å². The van der Waals surface area contributed by atoms with E-state index in [2.05, 4.69) is 0 Å². The van der Waals surface area contributed by atoms with Crippen molar-refractivity contribution in [3.8, 4) is 5.75 Å². The number of nitrogens with zero attached hydrogens (tertiary/aromatic N) is 1. The summed E-state index contributed by atoms with van der Waals surface area (Å²) in [6, 6.07) is 2.94. The van der Waals surface area contributed by atoms with Crippen molar-refractivity contribution in [3.63, 3.8) is 0 Å². The van der Waals surface area contributed by atoms with Gasteiger partial charge in [0.05, 0.1) is 33.8 Å². The summed E-state index contributed by atoms with van der Waals surface area (Å²) in [5, 5.41) is 11.0. The summed E-state index contributed by atoms with van der Waals surface area (Å²) in [5.74, 6) is 0.113. The molecule has 0 spiro atoms. The molecule has 0 unspecified atom stereocenters. The largest absolute Gasteiger partial charge is 0.482 e. The third kappa shape index (κ3) is 3.95. The summed E-state index contributed by atoms with van der Waals surface area (Å²) in [6.07, 6.45) is 1.57. The minimum atomic E-state index is -0.744. The molecular weight excluding hydrogens is 337 g/mol. The Kier molecular flexibility index (Phi) is 5.25. The molecule has 0 aliphatic carbocycles. The van der Waals surface area contributed by atoms with Gasteiger partial charge in [0.25, 0.3) is 5.91 Å². The van der Waals surface area contributed by atoms with Crippen LogP contribution in [0.25, 0.3) is 0 Å². The maximum atomic E-state index is 11.9. The predicted octanol–water partition coefficient (Wildman–Crippen LogP) is 3.40. The van der Waals surface area contributed by atoms with E-state index in [1.807, 2.05) is 6.92 Å². The molecule has 2 rings (SSSR count). The molecule has 1 aromatic carbocycles. The van der Waals surface area contributed by atoms with E-state index in [0.29, 0.717) is 40.3 Å². The van der Waals surface area contributed by atoms with E-state index in [-0.39, 0.29) is 12.5 Å². The van der Waals surface area contributed by atoms with Crippen molar-refractivity contribution in [1.82, 2.24) is 4.90 Å². The van der Waals surface area contributed by atoms with Crippen molar-refractivity contribution in [2.75, 3.05) is 19.7 Å². The first-order valence-corrected chi connectivity index (χ1v) is 7.75. The van der Waals surface area contributed by atoms with Gasteiger partial charge < -0.3 is 14.7 Å². The molecule has 0 aromatic heterocycles. The number of β-amino-alcohol motifs (C(OH)–C–C–N with tert-alkyl or cyclic N) is 1. The van der Waals surface area contributed by atoms with E-state index in [1.54, 1.807) is 4.90 Å². The molecule has 21 heavy (non-hydrogen) atoms. The van der Waals surface area contributed by atoms with Crippen LogP contribution in [0, 0.1) is 0 Å². The van der Waals surface area contributed by atoms with Gasteiger partial charge in [0.1, 0.15) is 5.75 Å². The molecule has 1 aliphatic rings. The van der Waals surface area contributed by atoms with Gasteiger partial charge in [0, 0.05) is 6.07 Å². The van der Waals surface area contributed by atoms with Crippen LogP contribution in [0.5, 0.6) is 5.75 Å². The minimum absolute atomic E-state index is 0.153. The average Bonchev–Trinajstić information content (AvgIpc) is 2.38. The van der Waals surface area contributed by atoms with E-state index in [1.165, 1.54) is 12.1 Å². The van der Waals surface area contributed by atoms with Crippen molar-refractivity contribution in [2.45, 2.75) is 25.4 Å². The van der Waals surface area contributed by atoms with Crippen LogP contribution in [0.2, 0.25) is 15.1 Å². The van der Waals surface area contributed by atoms with Gasteiger partial charge in [-0.05, 0) is 12.5 Å². The van der Waals surface area contributed by atoms with Crippen LogP contribution in [0.15, 0.2) is 12.1 Å². The topological polar surface area (TPSA) is 49.8 Å². The number of halogens is 3. The molecule has 1 aliphatic heterocycles. The Hall–Kier alpha value is -0.680. The van der Waals surface area contributed by atoms with E-state index in [0.717, 1.165) is 6.42 Å². The van der Waals surface area contributed by atoms with Crippen molar-refractivity contribution in [1.29, 1.82) is 0 Å². The molecule has 1 aromatic rings. The van der Waals surface area contributed by atoms with E-state index in [9.17, 15) is 9.90 Å². The van der Waals surface area contributed by atoms with Crippen LogP contribution < -0.4 is 4.74 Å². The molecule has 4 nitrogen and oxygen atoms in total. The third-order valence-electron chi connectivity index (χ3n) is 3.36. The Morgan fingerprint density at radius 2 is 1.90 bits per heavy atom. The Morgan fingerprint density at radius 3 is 2.52 bits per heavy atom. The summed E-state index contributed by atoms with van der Waals surface area (Å²) in [6.45, 7) is 2.54. The minimum Gasteiger partial charge on any atom is -0.482 e. The summed E-state index contributed by atoms with van der Waals surface area (Å²) < 4.78 is 5.37. The van der Waals surface area contributed by atoms with Crippen LogP contribution in [-0.4, -0.2) is 41.2 Å². The number of aliphatic hydroxyl groups is 1. The normalized spacial score (nSPS) is 16.5. The maximum Gasteiger partial charge on any atom is 0.260 e. The van der Waals surface area contributed by atoms with Crippen LogP contribution in [-0.2, 0) is 4.79 Å². The van der Waals surface area contributed by atoms with Gasteiger partial charge in [-0.15, -0.1) is 0 Å². The van der Waals surface area contributed by atoms with Crippen molar-refractivity contribution >= 4 is 40.7 Å². The van der Waals surface area contributed by atoms with Gasteiger partial charge >= 0.3 is 0 Å². The number of ether oxygens (including phenoxy) is 1. The van der Waals surface area contributed by atoms with Gasteiger partial charge in [-0.25, -0.2) is 0 Å². The number of carbonyl (C=O) groups excluding carboxylic acids is 1. The van der Waals surface area contributed by atoms with Gasteiger partial charge in [0.2, 0.25) is 0 Å². The second-order valence-corrected chi connectivity index (χ2v) is 6.43. The second-order valence-electron chi connectivity index (χ2n) is 5.21. The standard InChI is InChI=1S/C14H16Cl3NO3/c1-2-3-14(20)7-18(8-14)13(19)6-21-12-5-10(16)9(15)4-11(12)17/h4-5,20H,2-3,6-8H2,1H3. The van der Waals surface area contributed by atoms with Gasteiger partial charge in [-0.3, -0.25) is 4.79 Å². The zero-order valence-electron chi connectivity index (χ0n) is 11.5. The van der Waals surface area contributed by atoms with Crippen LogP contribution >= 0.6 is 34.8 Å². The maximum absolute atomic E-state index is 11.9. The zero-order chi connectivity index (χ0) is 15.6. The van der Waals surface area contributed by atoms with Crippen LogP contribution in [0.1, 0.15) is 19.8 Å². The zero-order valence-corrected chi connectivity index (χ0v) is 13.8. The molecule has 0 saturated carbocycles. The first-order valence-electron chi connectivity index (χ1n) is 6.62. The van der Waals surface area contributed by atoms with Crippen molar-refractivity contribution in [2.24, 2.45) is 0 Å². The van der Waals surface area contributed by atoms with Crippen molar-refractivity contribution < 1.29 is 14.6 Å². The lowest BCUT2D eigenvalue weighted by molar-refractivity contribution is -0.158. The smallest absolute Gasteiger partial charge is 0.260 e.